The summed E-state index contributed by atoms with van der Waals surface area (Å²) in [7, 11) is 1.84. The predicted octanol–water partition coefficient (Wildman–Crippen LogP) is 1.28. The minimum absolute atomic E-state index is 0.300. The van der Waals surface area contributed by atoms with E-state index in [1.165, 1.54) is 0 Å². The third-order valence-electron chi connectivity index (χ3n) is 2.83. The molecule has 0 radical (unpaired) electrons. The predicted molar refractivity (Wildman–Crippen MR) is 68.2 cm³/mol. The Bertz CT molecular complexity index is 550. The SMILES string of the molecule is CN(Cc1coc2ccccc12)CC(N)C(=O)O. The second-order valence-corrected chi connectivity index (χ2v) is 4.40. The molecule has 0 spiro atoms. The Balaban J connectivity index is 2.07. The standard InChI is InChI=1S/C13H16N2O3/c1-15(7-11(14)13(16)17)6-9-8-18-12-5-3-2-4-10(9)12/h2-5,8,11H,6-7,14H2,1H3,(H,16,17). The molecule has 0 fully saturated rings. The Morgan fingerprint density at radius 1 is 1.50 bits per heavy atom. The minimum Gasteiger partial charge on any atom is -0.480 e. The van der Waals surface area contributed by atoms with Gasteiger partial charge in [0.05, 0.1) is 6.26 Å². The van der Waals surface area contributed by atoms with E-state index in [9.17, 15) is 4.79 Å². The third-order valence-corrected chi connectivity index (χ3v) is 2.83. The third kappa shape index (κ3) is 2.69. The number of carboxylic acids is 1. The largest absolute Gasteiger partial charge is 0.480 e. The molecule has 1 unspecified atom stereocenters. The summed E-state index contributed by atoms with van der Waals surface area (Å²) in [4.78, 5) is 12.6. The lowest BCUT2D eigenvalue weighted by Crippen LogP contribution is -2.40. The Hall–Kier alpha value is -1.85. The van der Waals surface area contributed by atoms with Crippen molar-refractivity contribution >= 4 is 16.9 Å². The Morgan fingerprint density at radius 2 is 2.22 bits per heavy atom. The molecule has 0 saturated heterocycles. The number of hydrogen-bond acceptors (Lipinski definition) is 4. The van der Waals surface area contributed by atoms with Crippen LogP contribution in [0, 0.1) is 0 Å². The number of rotatable bonds is 5. The maximum atomic E-state index is 10.7. The monoisotopic (exact) mass is 248 g/mol. The van der Waals surface area contributed by atoms with Crippen LogP contribution in [0.2, 0.25) is 0 Å². The lowest BCUT2D eigenvalue weighted by atomic mass is 10.1. The molecule has 1 atom stereocenters. The van der Waals surface area contributed by atoms with Crippen molar-refractivity contribution in [3.8, 4) is 0 Å². The van der Waals surface area contributed by atoms with Crippen LogP contribution in [0.1, 0.15) is 5.56 Å². The summed E-state index contributed by atoms with van der Waals surface area (Å²) in [5, 5.41) is 9.81. The molecule has 0 bridgehead atoms. The lowest BCUT2D eigenvalue weighted by molar-refractivity contribution is -0.138. The van der Waals surface area contributed by atoms with Crippen molar-refractivity contribution in [3.63, 3.8) is 0 Å². The van der Waals surface area contributed by atoms with Gasteiger partial charge in [-0.1, -0.05) is 18.2 Å². The van der Waals surface area contributed by atoms with Crippen molar-refractivity contribution < 1.29 is 14.3 Å². The number of nitrogens with two attached hydrogens (primary N) is 1. The number of carbonyl (C=O) groups is 1. The second kappa shape index (κ2) is 5.20. The van der Waals surface area contributed by atoms with Gasteiger partial charge in [0.2, 0.25) is 0 Å². The molecule has 0 aliphatic rings. The first-order valence-corrected chi connectivity index (χ1v) is 5.70. The van der Waals surface area contributed by atoms with Crippen LogP contribution in [0.15, 0.2) is 34.9 Å². The average molecular weight is 248 g/mol. The van der Waals surface area contributed by atoms with Gasteiger partial charge in [-0.25, -0.2) is 0 Å². The summed E-state index contributed by atoms with van der Waals surface area (Å²) in [5.41, 5.74) is 7.36. The van der Waals surface area contributed by atoms with Crippen LogP contribution in [0.5, 0.6) is 0 Å². The van der Waals surface area contributed by atoms with Gasteiger partial charge in [-0.2, -0.15) is 0 Å². The number of carboxylic acid groups (broad SMARTS) is 1. The first-order chi connectivity index (χ1) is 8.58. The number of furan rings is 1. The highest BCUT2D eigenvalue weighted by Crippen LogP contribution is 2.21. The van der Waals surface area contributed by atoms with Gasteiger partial charge in [-0.15, -0.1) is 0 Å². The molecular weight excluding hydrogens is 232 g/mol. The number of para-hydroxylation sites is 1. The fourth-order valence-electron chi connectivity index (χ4n) is 1.92. The number of nitrogens with zero attached hydrogens (tertiary/aromatic N) is 1. The summed E-state index contributed by atoms with van der Waals surface area (Å²) in [6.45, 7) is 0.910. The van der Waals surface area contributed by atoms with Crippen LogP contribution in [0.25, 0.3) is 11.0 Å². The quantitative estimate of drug-likeness (QED) is 0.833. The number of hydrogen-bond donors (Lipinski definition) is 2. The normalized spacial score (nSPS) is 13.1. The molecule has 96 valence electrons. The van der Waals surface area contributed by atoms with Crippen LogP contribution in [0.3, 0.4) is 0 Å². The molecule has 0 aliphatic heterocycles. The summed E-state index contributed by atoms with van der Waals surface area (Å²) >= 11 is 0. The van der Waals surface area contributed by atoms with Crippen molar-refractivity contribution in [2.45, 2.75) is 12.6 Å². The zero-order chi connectivity index (χ0) is 13.1. The van der Waals surface area contributed by atoms with E-state index in [0.29, 0.717) is 13.1 Å². The molecule has 2 rings (SSSR count). The van der Waals surface area contributed by atoms with Crippen LogP contribution >= 0.6 is 0 Å². The van der Waals surface area contributed by atoms with Crippen LogP contribution in [-0.4, -0.2) is 35.6 Å². The molecule has 0 aliphatic carbocycles. The van der Waals surface area contributed by atoms with Gasteiger partial charge in [0.1, 0.15) is 11.6 Å². The molecular formula is C13H16N2O3. The Kier molecular flexibility index (Phi) is 3.64. The molecule has 5 nitrogen and oxygen atoms in total. The molecule has 1 aromatic heterocycles. The zero-order valence-electron chi connectivity index (χ0n) is 10.2. The maximum Gasteiger partial charge on any atom is 0.321 e. The minimum atomic E-state index is -0.987. The first-order valence-electron chi connectivity index (χ1n) is 5.70. The molecule has 18 heavy (non-hydrogen) atoms. The highest BCUT2D eigenvalue weighted by molar-refractivity contribution is 5.80. The van der Waals surface area contributed by atoms with Crippen molar-refractivity contribution in [2.24, 2.45) is 5.73 Å². The zero-order valence-corrected chi connectivity index (χ0v) is 10.2. The fourth-order valence-corrected chi connectivity index (χ4v) is 1.92. The number of fused-ring (bicyclic) bond motifs is 1. The lowest BCUT2D eigenvalue weighted by Gasteiger charge is -2.18. The molecule has 1 aromatic carbocycles. The molecule has 2 aromatic rings. The highest BCUT2D eigenvalue weighted by Gasteiger charge is 2.15. The molecule has 3 N–H and O–H groups in total. The van der Waals surface area contributed by atoms with E-state index in [4.69, 9.17) is 15.3 Å². The van der Waals surface area contributed by atoms with Crippen molar-refractivity contribution in [1.29, 1.82) is 0 Å². The number of aliphatic carboxylic acids is 1. The molecule has 1 heterocycles. The van der Waals surface area contributed by atoms with Gasteiger partial charge in [0.25, 0.3) is 0 Å². The van der Waals surface area contributed by atoms with Gasteiger partial charge in [-0.05, 0) is 13.1 Å². The van der Waals surface area contributed by atoms with Crippen molar-refractivity contribution in [2.75, 3.05) is 13.6 Å². The molecule has 0 amide bonds. The van der Waals surface area contributed by atoms with Crippen LogP contribution in [-0.2, 0) is 11.3 Å². The Labute approximate surface area is 105 Å². The highest BCUT2D eigenvalue weighted by atomic mass is 16.4. The average Bonchev–Trinajstić information content (AvgIpc) is 2.72. The summed E-state index contributed by atoms with van der Waals surface area (Å²) in [6, 6.07) is 6.89. The van der Waals surface area contributed by atoms with Gasteiger partial charge in [0, 0.05) is 24.0 Å². The van der Waals surface area contributed by atoms with Gasteiger partial charge in [-0.3, -0.25) is 9.69 Å². The van der Waals surface area contributed by atoms with E-state index in [0.717, 1.165) is 16.5 Å². The van der Waals surface area contributed by atoms with Gasteiger partial charge < -0.3 is 15.3 Å². The Morgan fingerprint density at radius 3 is 2.94 bits per heavy atom. The van der Waals surface area contributed by atoms with Gasteiger partial charge in [0.15, 0.2) is 0 Å². The van der Waals surface area contributed by atoms with E-state index in [2.05, 4.69) is 0 Å². The van der Waals surface area contributed by atoms with E-state index >= 15 is 0 Å². The van der Waals surface area contributed by atoms with Crippen molar-refractivity contribution in [3.05, 3.63) is 36.1 Å². The topological polar surface area (TPSA) is 79.7 Å². The van der Waals surface area contributed by atoms with E-state index < -0.39 is 12.0 Å². The van der Waals surface area contributed by atoms with Crippen molar-refractivity contribution in [1.82, 2.24) is 4.90 Å². The summed E-state index contributed by atoms with van der Waals surface area (Å²) in [5.74, 6) is -0.987. The van der Waals surface area contributed by atoms with E-state index in [1.807, 2.05) is 36.2 Å². The number of benzene rings is 1. The van der Waals surface area contributed by atoms with Crippen LogP contribution < -0.4 is 5.73 Å². The first kappa shape index (κ1) is 12.6. The second-order valence-electron chi connectivity index (χ2n) is 4.40. The summed E-state index contributed by atoms with van der Waals surface area (Å²) in [6.07, 6.45) is 1.70. The van der Waals surface area contributed by atoms with E-state index in [-0.39, 0.29) is 0 Å². The smallest absolute Gasteiger partial charge is 0.321 e. The molecule has 5 heteroatoms. The maximum absolute atomic E-state index is 10.7. The number of likely N-dealkylation sites (N-methyl/N-ethyl adjacent to an activating group) is 1. The summed E-state index contributed by atoms with van der Waals surface area (Å²) < 4.78 is 5.43. The van der Waals surface area contributed by atoms with Crippen LogP contribution in [0.4, 0.5) is 0 Å². The molecule has 0 saturated carbocycles. The van der Waals surface area contributed by atoms with E-state index in [1.54, 1.807) is 6.26 Å². The fraction of sp³-hybridized carbons (Fsp3) is 0.308. The van der Waals surface area contributed by atoms with Gasteiger partial charge >= 0.3 is 5.97 Å².